The number of anilines is 2. The third kappa shape index (κ3) is 6.40. The SMILES string of the molecule is COc1cc(N=Nc2cccc([N+](=O)[O-])c2)c(NC(C)=O)cc1N=Nc1ccc2cc(S(=O)(=O)O)cc(N)c2c1O. The van der Waals surface area contributed by atoms with Crippen LogP contribution in [-0.4, -0.2) is 36.0 Å². The number of hydrogen-bond donors (Lipinski definition) is 4. The molecule has 0 aliphatic rings. The normalized spacial score (nSPS) is 11.8. The first-order chi connectivity index (χ1) is 19.4. The van der Waals surface area contributed by atoms with Crippen molar-refractivity contribution < 1.29 is 32.5 Å². The van der Waals surface area contributed by atoms with Gasteiger partial charge < -0.3 is 20.9 Å². The molecule has 0 bridgehead atoms. The minimum Gasteiger partial charge on any atom is -0.505 e. The van der Waals surface area contributed by atoms with Crippen molar-refractivity contribution >= 4 is 66.6 Å². The van der Waals surface area contributed by atoms with Crippen LogP contribution < -0.4 is 15.8 Å². The van der Waals surface area contributed by atoms with Crippen LogP contribution in [0.2, 0.25) is 0 Å². The zero-order valence-corrected chi connectivity index (χ0v) is 22.2. The summed E-state index contributed by atoms with van der Waals surface area (Å²) in [6.07, 6.45) is 0. The van der Waals surface area contributed by atoms with Crippen molar-refractivity contribution in [3.63, 3.8) is 0 Å². The van der Waals surface area contributed by atoms with Gasteiger partial charge in [-0.2, -0.15) is 13.5 Å². The van der Waals surface area contributed by atoms with Gasteiger partial charge in [0.15, 0.2) is 5.75 Å². The summed E-state index contributed by atoms with van der Waals surface area (Å²) in [6, 6.07) is 13.3. The van der Waals surface area contributed by atoms with Gasteiger partial charge in [-0.25, -0.2) is 0 Å². The molecule has 1 amide bonds. The van der Waals surface area contributed by atoms with Crippen LogP contribution in [0.4, 0.5) is 39.8 Å². The number of amides is 1. The lowest BCUT2D eigenvalue weighted by atomic mass is 10.1. The van der Waals surface area contributed by atoms with Gasteiger partial charge in [0.1, 0.15) is 22.8 Å². The second-order valence-corrected chi connectivity index (χ2v) is 9.84. The minimum absolute atomic E-state index is 0.0265. The lowest BCUT2D eigenvalue weighted by molar-refractivity contribution is -0.384. The van der Waals surface area contributed by atoms with Gasteiger partial charge in [-0.15, -0.1) is 15.3 Å². The molecule has 4 aromatic carbocycles. The largest absolute Gasteiger partial charge is 0.505 e. The van der Waals surface area contributed by atoms with Gasteiger partial charge in [-0.1, -0.05) is 12.1 Å². The monoisotopic (exact) mass is 579 g/mol. The Balaban J connectivity index is 1.74. The molecule has 0 aromatic heterocycles. The molecule has 0 aliphatic carbocycles. The number of nitrogens with one attached hydrogen (secondary N) is 1. The fraction of sp³-hybridized carbons (Fsp3) is 0.0800. The standard InChI is InChI=1S/C25H21N7O8S/c1-13(33)27-20-11-22(23(40-2)12-21(20)30-28-15-4-3-5-16(9-15)32(35)36)31-29-19-7-6-14-8-17(41(37,38)39)10-18(26)24(14)25(19)34/h3-12,34H,26H2,1-2H3,(H,27,33)(H,37,38,39). The Hall–Kier alpha value is -5.48. The number of nitro groups is 1. The van der Waals surface area contributed by atoms with E-state index in [1.165, 1.54) is 62.6 Å². The third-order valence-corrected chi connectivity index (χ3v) is 6.39. The molecule has 4 rings (SSSR count). The molecule has 5 N–H and O–H groups in total. The smallest absolute Gasteiger partial charge is 0.294 e. The van der Waals surface area contributed by atoms with Crippen LogP contribution in [0.15, 0.2) is 86.0 Å². The summed E-state index contributed by atoms with van der Waals surface area (Å²) in [4.78, 5) is 21.9. The van der Waals surface area contributed by atoms with E-state index in [2.05, 4.69) is 25.8 Å². The van der Waals surface area contributed by atoms with Gasteiger partial charge in [0, 0.05) is 36.2 Å². The molecule has 16 heteroatoms. The molecule has 0 aliphatic heterocycles. The molecule has 0 saturated heterocycles. The maximum atomic E-state index is 11.8. The summed E-state index contributed by atoms with van der Waals surface area (Å²) in [5, 5.41) is 41.0. The zero-order valence-electron chi connectivity index (χ0n) is 21.3. The summed E-state index contributed by atoms with van der Waals surface area (Å²) in [5.41, 5.74) is 6.26. The van der Waals surface area contributed by atoms with Crippen LogP contribution in [0.3, 0.4) is 0 Å². The Morgan fingerprint density at radius 3 is 2.37 bits per heavy atom. The van der Waals surface area contributed by atoms with Gasteiger partial charge in [0.2, 0.25) is 5.91 Å². The fourth-order valence-corrected chi connectivity index (χ4v) is 4.28. The molecule has 0 radical (unpaired) electrons. The van der Waals surface area contributed by atoms with E-state index < -0.39 is 31.6 Å². The number of carbonyl (C=O) groups excluding carboxylic acids is 1. The molecule has 4 aromatic rings. The van der Waals surface area contributed by atoms with Crippen molar-refractivity contribution in [2.45, 2.75) is 11.8 Å². The first-order valence-electron chi connectivity index (χ1n) is 11.5. The highest BCUT2D eigenvalue weighted by Gasteiger charge is 2.17. The number of phenols is 1. The Labute approximate surface area is 231 Å². The van der Waals surface area contributed by atoms with Gasteiger partial charge in [-0.3, -0.25) is 19.5 Å². The Morgan fingerprint density at radius 2 is 1.71 bits per heavy atom. The number of nitrogens with two attached hydrogens (primary N) is 1. The zero-order chi connectivity index (χ0) is 29.9. The van der Waals surface area contributed by atoms with E-state index in [4.69, 9.17) is 10.5 Å². The van der Waals surface area contributed by atoms with Crippen molar-refractivity contribution in [2.75, 3.05) is 18.2 Å². The number of rotatable bonds is 8. The number of ether oxygens (including phenoxy) is 1. The summed E-state index contributed by atoms with van der Waals surface area (Å²) < 4.78 is 37.7. The van der Waals surface area contributed by atoms with E-state index in [9.17, 15) is 33.0 Å². The van der Waals surface area contributed by atoms with E-state index in [1.54, 1.807) is 0 Å². The minimum atomic E-state index is -4.52. The predicted octanol–water partition coefficient (Wildman–Crippen LogP) is 6.08. The maximum Gasteiger partial charge on any atom is 0.294 e. The summed E-state index contributed by atoms with van der Waals surface area (Å²) in [6.45, 7) is 1.28. The number of hydrogen-bond acceptors (Lipinski definition) is 12. The highest BCUT2D eigenvalue weighted by atomic mass is 32.2. The predicted molar refractivity (Wildman–Crippen MR) is 149 cm³/mol. The quantitative estimate of drug-likeness (QED) is 0.0621. The molecule has 0 atom stereocenters. The second-order valence-electron chi connectivity index (χ2n) is 8.42. The van der Waals surface area contributed by atoms with Crippen LogP contribution in [0, 0.1) is 10.1 Å². The number of aromatic hydroxyl groups is 1. The Kier molecular flexibility index (Phi) is 7.88. The number of fused-ring (bicyclic) bond motifs is 1. The van der Waals surface area contributed by atoms with Crippen molar-refractivity contribution in [3.05, 3.63) is 70.8 Å². The van der Waals surface area contributed by atoms with Gasteiger partial charge >= 0.3 is 0 Å². The van der Waals surface area contributed by atoms with E-state index >= 15 is 0 Å². The topological polar surface area (TPSA) is 232 Å². The van der Waals surface area contributed by atoms with E-state index in [0.717, 1.165) is 12.1 Å². The highest BCUT2D eigenvalue weighted by molar-refractivity contribution is 7.85. The lowest BCUT2D eigenvalue weighted by Gasteiger charge is -2.11. The molecule has 41 heavy (non-hydrogen) atoms. The molecule has 0 fully saturated rings. The number of methoxy groups -OCH3 is 1. The number of azo groups is 2. The first kappa shape index (κ1) is 28.5. The van der Waals surface area contributed by atoms with Crippen LogP contribution in [0.25, 0.3) is 10.8 Å². The van der Waals surface area contributed by atoms with E-state index in [1.807, 2.05) is 0 Å². The van der Waals surface area contributed by atoms with Crippen molar-refractivity contribution in [3.8, 4) is 11.5 Å². The van der Waals surface area contributed by atoms with E-state index in [-0.39, 0.29) is 56.3 Å². The van der Waals surface area contributed by atoms with Crippen LogP contribution in [0.5, 0.6) is 11.5 Å². The first-order valence-corrected chi connectivity index (χ1v) is 12.9. The van der Waals surface area contributed by atoms with Gasteiger partial charge in [-0.05, 0) is 35.7 Å². The molecule has 15 nitrogen and oxygen atoms in total. The maximum absolute atomic E-state index is 11.8. The lowest BCUT2D eigenvalue weighted by Crippen LogP contribution is -2.05. The molecule has 210 valence electrons. The highest BCUT2D eigenvalue weighted by Crippen LogP contribution is 2.43. The number of nitrogens with zero attached hydrogens (tertiary/aromatic N) is 5. The van der Waals surface area contributed by atoms with Crippen LogP contribution in [0.1, 0.15) is 6.92 Å². The summed E-state index contributed by atoms with van der Waals surface area (Å²) in [5.74, 6) is -0.667. The number of carbonyl (C=O) groups is 1. The Bertz CT molecular complexity index is 1870. The van der Waals surface area contributed by atoms with Crippen LogP contribution in [-0.2, 0) is 14.9 Å². The fourth-order valence-electron chi connectivity index (χ4n) is 3.73. The molecule has 0 heterocycles. The number of non-ortho nitro benzene ring substituents is 1. The van der Waals surface area contributed by atoms with Crippen molar-refractivity contribution in [1.82, 2.24) is 0 Å². The van der Waals surface area contributed by atoms with Gasteiger partial charge in [0.25, 0.3) is 15.8 Å². The molecular weight excluding hydrogens is 558 g/mol. The molecule has 0 unspecified atom stereocenters. The van der Waals surface area contributed by atoms with Gasteiger partial charge in [0.05, 0.1) is 28.3 Å². The molecule has 0 saturated carbocycles. The molecule has 0 spiro atoms. The summed E-state index contributed by atoms with van der Waals surface area (Å²) in [7, 11) is -3.17. The van der Waals surface area contributed by atoms with Crippen molar-refractivity contribution in [2.24, 2.45) is 20.5 Å². The average molecular weight is 580 g/mol. The summed E-state index contributed by atoms with van der Waals surface area (Å²) >= 11 is 0. The average Bonchev–Trinajstić information content (AvgIpc) is 2.91. The molecular formula is C25H21N7O8S. The van der Waals surface area contributed by atoms with Crippen LogP contribution >= 0.6 is 0 Å². The number of nitro benzene ring substituents is 1. The second kappa shape index (κ2) is 11.3. The van der Waals surface area contributed by atoms with Crippen molar-refractivity contribution in [1.29, 1.82) is 0 Å². The number of phenolic OH excluding ortho intramolecular Hbond substituents is 1. The van der Waals surface area contributed by atoms with E-state index in [0.29, 0.717) is 0 Å². The Morgan fingerprint density at radius 1 is 1.00 bits per heavy atom. The number of nitrogen functional groups attached to an aromatic ring is 1. The number of benzene rings is 4. The third-order valence-electron chi connectivity index (χ3n) is 5.56.